The second kappa shape index (κ2) is 8.83. The van der Waals surface area contributed by atoms with Crippen LogP contribution in [0.4, 0.5) is 5.69 Å². The summed E-state index contributed by atoms with van der Waals surface area (Å²) >= 11 is 0. The summed E-state index contributed by atoms with van der Waals surface area (Å²) in [5.41, 5.74) is 4.81. The molecule has 146 valence electrons. The zero-order valence-corrected chi connectivity index (χ0v) is 16.0. The number of hydrogen-bond acceptors (Lipinski definition) is 3. The number of carbonyl (C=O) groups is 3. The van der Waals surface area contributed by atoms with Gasteiger partial charge in [0.2, 0.25) is 5.91 Å². The van der Waals surface area contributed by atoms with Crippen molar-refractivity contribution in [2.45, 2.75) is 45.4 Å². The standard InChI is InChI=1S/C23H25NO4/c1-15(23(27)28)13-16-5-9-20(10-6-16)24-22(26)12-11-21(25)19-8-7-17-3-2-4-18(17)14-19/h5-10,14-15H,2-4,11-13H2,1H3,(H,24,26)(H,27,28). The van der Waals surface area contributed by atoms with Gasteiger partial charge in [0.15, 0.2) is 5.78 Å². The number of rotatable bonds is 8. The van der Waals surface area contributed by atoms with E-state index in [1.54, 1.807) is 19.1 Å². The molecule has 5 nitrogen and oxygen atoms in total. The van der Waals surface area contributed by atoms with Crippen LogP contribution in [0.5, 0.6) is 0 Å². The van der Waals surface area contributed by atoms with Gasteiger partial charge in [-0.1, -0.05) is 31.2 Å². The number of benzene rings is 2. The zero-order chi connectivity index (χ0) is 20.1. The number of anilines is 1. The molecule has 2 N–H and O–H groups in total. The number of carboxylic acids is 1. The topological polar surface area (TPSA) is 83.5 Å². The van der Waals surface area contributed by atoms with E-state index in [1.165, 1.54) is 11.1 Å². The summed E-state index contributed by atoms with van der Waals surface area (Å²) < 4.78 is 0. The zero-order valence-electron chi connectivity index (χ0n) is 16.0. The quantitative estimate of drug-likeness (QED) is 0.678. The molecule has 0 saturated carbocycles. The molecule has 3 rings (SSSR count). The molecule has 1 unspecified atom stereocenters. The Balaban J connectivity index is 1.49. The van der Waals surface area contributed by atoms with Crippen molar-refractivity contribution in [1.82, 2.24) is 0 Å². The van der Waals surface area contributed by atoms with E-state index in [0.717, 1.165) is 24.8 Å². The Morgan fingerprint density at radius 3 is 2.43 bits per heavy atom. The Hall–Kier alpha value is -2.95. The fourth-order valence-corrected chi connectivity index (χ4v) is 3.51. The first-order valence-electron chi connectivity index (χ1n) is 9.69. The molecule has 28 heavy (non-hydrogen) atoms. The Morgan fingerprint density at radius 2 is 1.71 bits per heavy atom. The summed E-state index contributed by atoms with van der Waals surface area (Å²) in [5.74, 6) is -1.50. The fourth-order valence-electron chi connectivity index (χ4n) is 3.51. The molecule has 0 aromatic heterocycles. The van der Waals surface area contributed by atoms with Gasteiger partial charge in [0.25, 0.3) is 0 Å². The number of carbonyl (C=O) groups excluding carboxylic acids is 2. The van der Waals surface area contributed by atoms with E-state index in [4.69, 9.17) is 5.11 Å². The monoisotopic (exact) mass is 379 g/mol. The minimum atomic E-state index is -0.828. The average Bonchev–Trinajstić information content (AvgIpc) is 3.15. The van der Waals surface area contributed by atoms with Crippen LogP contribution in [0.2, 0.25) is 0 Å². The van der Waals surface area contributed by atoms with E-state index in [0.29, 0.717) is 17.7 Å². The summed E-state index contributed by atoms with van der Waals surface area (Å²) in [6, 6.07) is 13.0. The first kappa shape index (κ1) is 19.8. The number of hydrogen-bond donors (Lipinski definition) is 2. The lowest BCUT2D eigenvalue weighted by Crippen LogP contribution is -2.14. The van der Waals surface area contributed by atoms with Gasteiger partial charge in [-0.05, 0) is 60.6 Å². The summed E-state index contributed by atoms with van der Waals surface area (Å²) in [5, 5.41) is 11.8. The second-order valence-electron chi connectivity index (χ2n) is 7.45. The smallest absolute Gasteiger partial charge is 0.306 e. The lowest BCUT2D eigenvalue weighted by atomic mass is 10.0. The van der Waals surface area contributed by atoms with Crippen LogP contribution in [-0.2, 0) is 28.9 Å². The predicted octanol–water partition coefficient (Wildman–Crippen LogP) is 4.04. The van der Waals surface area contributed by atoms with Gasteiger partial charge in [0.05, 0.1) is 5.92 Å². The van der Waals surface area contributed by atoms with Gasteiger partial charge in [-0.3, -0.25) is 14.4 Å². The molecule has 0 saturated heterocycles. The average molecular weight is 379 g/mol. The van der Waals surface area contributed by atoms with Crippen LogP contribution in [0.25, 0.3) is 0 Å². The number of Topliss-reactive ketones (excluding diaryl/α,β-unsaturated/α-hetero) is 1. The SMILES string of the molecule is CC(Cc1ccc(NC(=O)CCC(=O)c2ccc3c(c2)CCC3)cc1)C(=O)O. The van der Waals surface area contributed by atoms with E-state index in [1.807, 2.05) is 30.3 Å². The molecule has 5 heteroatoms. The summed E-state index contributed by atoms with van der Waals surface area (Å²) in [4.78, 5) is 35.4. The highest BCUT2D eigenvalue weighted by Crippen LogP contribution is 2.23. The maximum absolute atomic E-state index is 12.4. The molecule has 0 radical (unpaired) electrons. The van der Waals surface area contributed by atoms with Crippen molar-refractivity contribution in [3.63, 3.8) is 0 Å². The maximum Gasteiger partial charge on any atom is 0.306 e. The van der Waals surface area contributed by atoms with Crippen molar-refractivity contribution >= 4 is 23.3 Å². The van der Waals surface area contributed by atoms with Crippen molar-refractivity contribution in [3.8, 4) is 0 Å². The van der Waals surface area contributed by atoms with Crippen LogP contribution in [0.3, 0.4) is 0 Å². The first-order valence-corrected chi connectivity index (χ1v) is 9.69. The molecule has 0 aliphatic heterocycles. The highest BCUT2D eigenvalue weighted by Gasteiger charge is 2.15. The number of ketones is 1. The Bertz CT molecular complexity index is 886. The van der Waals surface area contributed by atoms with E-state index < -0.39 is 11.9 Å². The van der Waals surface area contributed by atoms with E-state index in [9.17, 15) is 14.4 Å². The highest BCUT2D eigenvalue weighted by molar-refractivity contribution is 6.00. The summed E-state index contributed by atoms with van der Waals surface area (Å²) in [6.45, 7) is 1.66. The Morgan fingerprint density at radius 1 is 1.00 bits per heavy atom. The number of aryl methyl sites for hydroxylation is 2. The van der Waals surface area contributed by atoms with Gasteiger partial charge in [-0.2, -0.15) is 0 Å². The Kier molecular flexibility index (Phi) is 6.24. The van der Waals surface area contributed by atoms with Crippen LogP contribution < -0.4 is 5.32 Å². The third-order valence-corrected chi connectivity index (χ3v) is 5.20. The minimum absolute atomic E-state index is 0.0112. The van der Waals surface area contributed by atoms with Crippen LogP contribution in [-0.4, -0.2) is 22.8 Å². The molecule has 1 atom stereocenters. The molecule has 1 aliphatic carbocycles. The summed E-state index contributed by atoms with van der Waals surface area (Å²) in [6.07, 6.45) is 4.01. The molecular formula is C23H25NO4. The molecule has 1 amide bonds. The molecular weight excluding hydrogens is 354 g/mol. The Labute approximate surface area is 164 Å². The third kappa shape index (κ3) is 5.06. The molecule has 2 aromatic carbocycles. The highest BCUT2D eigenvalue weighted by atomic mass is 16.4. The second-order valence-corrected chi connectivity index (χ2v) is 7.45. The van der Waals surface area contributed by atoms with Crippen molar-refractivity contribution in [2.24, 2.45) is 5.92 Å². The van der Waals surface area contributed by atoms with Crippen molar-refractivity contribution in [3.05, 3.63) is 64.7 Å². The number of fused-ring (bicyclic) bond motifs is 1. The lowest BCUT2D eigenvalue weighted by Gasteiger charge is -2.09. The van der Waals surface area contributed by atoms with E-state index >= 15 is 0 Å². The lowest BCUT2D eigenvalue weighted by molar-refractivity contribution is -0.141. The van der Waals surface area contributed by atoms with Crippen LogP contribution in [0.1, 0.15) is 53.2 Å². The first-order chi connectivity index (χ1) is 13.4. The van der Waals surface area contributed by atoms with Crippen LogP contribution >= 0.6 is 0 Å². The number of nitrogens with one attached hydrogen (secondary N) is 1. The summed E-state index contributed by atoms with van der Waals surface area (Å²) in [7, 11) is 0. The third-order valence-electron chi connectivity index (χ3n) is 5.20. The van der Waals surface area contributed by atoms with Crippen LogP contribution in [0, 0.1) is 5.92 Å². The number of carboxylic acid groups (broad SMARTS) is 1. The molecule has 2 aromatic rings. The normalized spacial score (nSPS) is 13.6. The van der Waals surface area contributed by atoms with Crippen molar-refractivity contribution < 1.29 is 19.5 Å². The maximum atomic E-state index is 12.4. The number of aliphatic carboxylic acids is 1. The van der Waals surface area contributed by atoms with Gasteiger partial charge in [-0.15, -0.1) is 0 Å². The van der Waals surface area contributed by atoms with E-state index in [2.05, 4.69) is 5.32 Å². The fraction of sp³-hybridized carbons (Fsp3) is 0.348. The van der Waals surface area contributed by atoms with Crippen LogP contribution in [0.15, 0.2) is 42.5 Å². The van der Waals surface area contributed by atoms with Gasteiger partial charge in [-0.25, -0.2) is 0 Å². The van der Waals surface area contributed by atoms with Gasteiger partial charge >= 0.3 is 5.97 Å². The van der Waals surface area contributed by atoms with Crippen molar-refractivity contribution in [2.75, 3.05) is 5.32 Å². The van der Waals surface area contributed by atoms with Gasteiger partial charge in [0, 0.05) is 24.1 Å². The number of amides is 1. The largest absolute Gasteiger partial charge is 0.481 e. The minimum Gasteiger partial charge on any atom is -0.481 e. The molecule has 1 aliphatic rings. The molecule has 0 heterocycles. The molecule has 0 spiro atoms. The van der Waals surface area contributed by atoms with E-state index in [-0.39, 0.29) is 24.5 Å². The van der Waals surface area contributed by atoms with Gasteiger partial charge < -0.3 is 10.4 Å². The van der Waals surface area contributed by atoms with Crippen molar-refractivity contribution in [1.29, 1.82) is 0 Å². The predicted molar refractivity (Wildman–Crippen MR) is 108 cm³/mol. The molecule has 0 bridgehead atoms. The van der Waals surface area contributed by atoms with Gasteiger partial charge in [0.1, 0.15) is 0 Å². The molecule has 0 fully saturated rings.